The minimum atomic E-state index is 0.405. The van der Waals surface area contributed by atoms with Gasteiger partial charge in [0.05, 0.1) is 10.0 Å². The summed E-state index contributed by atoms with van der Waals surface area (Å²) in [6.45, 7) is 2.40. The molecule has 0 aliphatic carbocycles. The van der Waals surface area contributed by atoms with Crippen LogP contribution in [0.2, 0.25) is 10.0 Å². The van der Waals surface area contributed by atoms with Crippen LogP contribution in [0.1, 0.15) is 11.1 Å². The number of hydrogen-bond donors (Lipinski definition) is 0. The minimum absolute atomic E-state index is 0.405. The molecule has 0 unspecified atom stereocenters. The van der Waals surface area contributed by atoms with Crippen molar-refractivity contribution in [3.8, 4) is 5.75 Å². The summed E-state index contributed by atoms with van der Waals surface area (Å²) in [5.74, 6) is 0.842. The summed E-state index contributed by atoms with van der Waals surface area (Å²) in [6, 6.07) is 11.4. The zero-order valence-electron chi connectivity index (χ0n) is 9.71. The van der Waals surface area contributed by atoms with Crippen LogP contribution in [-0.2, 0) is 6.61 Å². The van der Waals surface area contributed by atoms with Crippen LogP contribution in [0.15, 0.2) is 40.9 Å². The molecule has 0 aliphatic heterocycles. The van der Waals surface area contributed by atoms with Gasteiger partial charge in [-0.15, -0.1) is 0 Å². The molecule has 0 saturated carbocycles. The van der Waals surface area contributed by atoms with Crippen molar-refractivity contribution in [2.24, 2.45) is 0 Å². The number of aryl methyl sites for hydroxylation is 1. The maximum Gasteiger partial charge on any atom is 0.122 e. The molecule has 0 aromatic heterocycles. The first-order chi connectivity index (χ1) is 8.58. The van der Waals surface area contributed by atoms with E-state index in [9.17, 15) is 0 Å². The van der Waals surface area contributed by atoms with E-state index in [1.807, 2.05) is 37.3 Å². The predicted octanol–water partition coefficient (Wildman–Crippen LogP) is 5.64. The fourth-order valence-electron chi connectivity index (χ4n) is 1.59. The number of ether oxygens (including phenoxy) is 1. The first kappa shape index (κ1) is 13.7. The highest BCUT2D eigenvalue weighted by atomic mass is 79.9. The Hall–Kier alpha value is -0.700. The van der Waals surface area contributed by atoms with E-state index in [2.05, 4.69) is 15.9 Å². The number of halogens is 3. The van der Waals surface area contributed by atoms with Gasteiger partial charge in [0.25, 0.3) is 0 Å². The largest absolute Gasteiger partial charge is 0.489 e. The molecule has 0 spiro atoms. The van der Waals surface area contributed by atoms with Gasteiger partial charge in [-0.1, -0.05) is 51.3 Å². The molecule has 2 aromatic rings. The lowest BCUT2D eigenvalue weighted by Crippen LogP contribution is -1.98. The van der Waals surface area contributed by atoms with Gasteiger partial charge in [0.2, 0.25) is 0 Å². The van der Waals surface area contributed by atoms with Gasteiger partial charge in [-0.05, 0) is 36.8 Å². The Labute approximate surface area is 125 Å². The Morgan fingerprint density at radius 2 is 1.94 bits per heavy atom. The third-order valence-electron chi connectivity index (χ3n) is 2.55. The minimum Gasteiger partial charge on any atom is -0.489 e. The fourth-order valence-corrected chi connectivity index (χ4v) is 2.44. The monoisotopic (exact) mass is 344 g/mol. The van der Waals surface area contributed by atoms with Crippen LogP contribution in [0.4, 0.5) is 0 Å². The summed E-state index contributed by atoms with van der Waals surface area (Å²) in [4.78, 5) is 0. The van der Waals surface area contributed by atoms with Gasteiger partial charge in [-0.25, -0.2) is 0 Å². The summed E-state index contributed by atoms with van der Waals surface area (Å²) < 4.78 is 6.79. The third-order valence-corrected chi connectivity index (χ3v) is 3.90. The highest BCUT2D eigenvalue weighted by molar-refractivity contribution is 9.10. The summed E-state index contributed by atoms with van der Waals surface area (Å²) >= 11 is 15.5. The molecular formula is C14H11BrCl2O. The molecule has 0 aliphatic rings. The van der Waals surface area contributed by atoms with Crippen LogP contribution in [-0.4, -0.2) is 0 Å². The molecular weight excluding hydrogens is 335 g/mol. The molecule has 0 fully saturated rings. The van der Waals surface area contributed by atoms with E-state index in [-0.39, 0.29) is 0 Å². The second kappa shape index (κ2) is 5.96. The topological polar surface area (TPSA) is 9.23 Å². The van der Waals surface area contributed by atoms with Gasteiger partial charge < -0.3 is 4.74 Å². The Bertz CT molecular complexity index is 570. The highest BCUT2D eigenvalue weighted by Crippen LogP contribution is 2.28. The molecule has 0 radical (unpaired) electrons. The van der Waals surface area contributed by atoms with E-state index >= 15 is 0 Å². The van der Waals surface area contributed by atoms with Crippen LogP contribution in [0.3, 0.4) is 0 Å². The molecule has 2 rings (SSSR count). The van der Waals surface area contributed by atoms with E-state index in [0.29, 0.717) is 16.7 Å². The molecule has 0 N–H and O–H groups in total. The van der Waals surface area contributed by atoms with Crippen LogP contribution in [0.5, 0.6) is 5.75 Å². The van der Waals surface area contributed by atoms with E-state index in [1.165, 1.54) is 0 Å². The fraction of sp³-hybridized carbons (Fsp3) is 0.143. The molecule has 0 atom stereocenters. The zero-order chi connectivity index (χ0) is 13.1. The van der Waals surface area contributed by atoms with Gasteiger partial charge in [-0.3, -0.25) is 0 Å². The van der Waals surface area contributed by atoms with Crippen molar-refractivity contribution >= 4 is 39.1 Å². The molecule has 0 amide bonds. The van der Waals surface area contributed by atoms with Gasteiger partial charge in [-0.2, -0.15) is 0 Å². The van der Waals surface area contributed by atoms with Crippen molar-refractivity contribution in [3.63, 3.8) is 0 Å². The Morgan fingerprint density at radius 1 is 1.17 bits per heavy atom. The predicted molar refractivity (Wildman–Crippen MR) is 79.7 cm³/mol. The van der Waals surface area contributed by atoms with Gasteiger partial charge in [0.1, 0.15) is 12.4 Å². The highest BCUT2D eigenvalue weighted by Gasteiger charge is 2.06. The summed E-state index contributed by atoms with van der Waals surface area (Å²) in [5.41, 5.74) is 1.95. The SMILES string of the molecule is Cc1cc(Br)ccc1OCc1cccc(Cl)c1Cl. The molecule has 94 valence electrons. The first-order valence-electron chi connectivity index (χ1n) is 5.40. The second-order valence-electron chi connectivity index (χ2n) is 3.91. The summed E-state index contributed by atoms with van der Waals surface area (Å²) in [5, 5.41) is 1.10. The number of rotatable bonds is 3. The average Bonchev–Trinajstić information content (AvgIpc) is 2.33. The Morgan fingerprint density at radius 3 is 2.67 bits per heavy atom. The summed E-state index contributed by atoms with van der Waals surface area (Å²) in [7, 11) is 0. The smallest absolute Gasteiger partial charge is 0.122 e. The molecule has 2 aromatic carbocycles. The number of benzene rings is 2. The molecule has 0 saturated heterocycles. The summed E-state index contributed by atoms with van der Waals surface area (Å²) in [6.07, 6.45) is 0. The lowest BCUT2D eigenvalue weighted by Gasteiger charge is -2.11. The lowest BCUT2D eigenvalue weighted by atomic mass is 10.2. The van der Waals surface area contributed by atoms with E-state index < -0.39 is 0 Å². The van der Waals surface area contributed by atoms with Gasteiger partial charge in [0.15, 0.2) is 0 Å². The quantitative estimate of drug-likeness (QED) is 0.699. The van der Waals surface area contributed by atoms with Crippen molar-refractivity contribution in [1.82, 2.24) is 0 Å². The van der Waals surface area contributed by atoms with Crippen molar-refractivity contribution < 1.29 is 4.74 Å². The van der Waals surface area contributed by atoms with Crippen molar-refractivity contribution in [1.29, 1.82) is 0 Å². The molecule has 0 heterocycles. The van der Waals surface area contributed by atoms with Crippen LogP contribution < -0.4 is 4.74 Å². The molecule has 1 nitrogen and oxygen atoms in total. The lowest BCUT2D eigenvalue weighted by molar-refractivity contribution is 0.304. The maximum absolute atomic E-state index is 6.11. The Kier molecular flexibility index (Phi) is 4.55. The normalized spacial score (nSPS) is 10.4. The van der Waals surface area contributed by atoms with Crippen LogP contribution in [0, 0.1) is 6.92 Å². The van der Waals surface area contributed by atoms with Crippen LogP contribution >= 0.6 is 39.1 Å². The van der Waals surface area contributed by atoms with Gasteiger partial charge in [0, 0.05) is 10.0 Å². The Balaban J connectivity index is 2.14. The average molecular weight is 346 g/mol. The first-order valence-corrected chi connectivity index (χ1v) is 6.94. The molecule has 0 bridgehead atoms. The number of hydrogen-bond acceptors (Lipinski definition) is 1. The zero-order valence-corrected chi connectivity index (χ0v) is 12.8. The van der Waals surface area contributed by atoms with E-state index in [4.69, 9.17) is 27.9 Å². The van der Waals surface area contributed by atoms with Crippen molar-refractivity contribution in [2.75, 3.05) is 0 Å². The van der Waals surface area contributed by atoms with Crippen molar-refractivity contribution in [2.45, 2.75) is 13.5 Å². The maximum atomic E-state index is 6.11. The van der Waals surface area contributed by atoms with Crippen LogP contribution in [0.25, 0.3) is 0 Å². The van der Waals surface area contributed by atoms with E-state index in [0.717, 1.165) is 21.3 Å². The standard InChI is InChI=1S/C14H11BrCl2O/c1-9-7-11(15)5-6-13(9)18-8-10-3-2-4-12(16)14(10)17/h2-7H,8H2,1H3. The van der Waals surface area contributed by atoms with Crippen molar-refractivity contribution in [3.05, 3.63) is 62.0 Å². The second-order valence-corrected chi connectivity index (χ2v) is 5.61. The molecule has 4 heteroatoms. The molecule has 18 heavy (non-hydrogen) atoms. The van der Waals surface area contributed by atoms with E-state index in [1.54, 1.807) is 6.07 Å². The van der Waals surface area contributed by atoms with Gasteiger partial charge >= 0.3 is 0 Å². The third kappa shape index (κ3) is 3.19.